The van der Waals surface area contributed by atoms with Gasteiger partial charge in [0.1, 0.15) is 8.07 Å². The summed E-state index contributed by atoms with van der Waals surface area (Å²) in [6.07, 6.45) is 0. The van der Waals surface area contributed by atoms with Crippen LogP contribution in [0.1, 0.15) is 6.92 Å². The third-order valence-electron chi connectivity index (χ3n) is 1.61. The predicted molar refractivity (Wildman–Crippen MR) is 81.2 cm³/mol. The Morgan fingerprint density at radius 2 is 1.43 bits per heavy atom. The molecule has 0 saturated carbocycles. The van der Waals surface area contributed by atoms with Crippen LogP contribution in [-0.4, -0.2) is 16.1 Å². The van der Waals surface area contributed by atoms with E-state index in [1.54, 1.807) is 0 Å². The minimum Gasteiger partial charge on any atom is -0.127 e. The van der Waals surface area contributed by atoms with Crippen LogP contribution < -0.4 is 0 Å². The van der Waals surface area contributed by atoms with E-state index in [4.69, 9.17) is 0 Å². The Labute approximate surface area is 105 Å². The highest BCUT2D eigenvalue weighted by molar-refractivity contribution is 14.1. The van der Waals surface area contributed by atoms with Crippen LogP contribution >= 0.6 is 22.6 Å². The summed E-state index contributed by atoms with van der Waals surface area (Å²) in [5, 5.41) is 0. The minimum atomic E-state index is -1.21. The molecular formula is C11H21ISi2. The van der Waals surface area contributed by atoms with Crippen molar-refractivity contribution in [2.45, 2.75) is 46.2 Å². The third-order valence-corrected chi connectivity index (χ3v) is 9.84. The van der Waals surface area contributed by atoms with Crippen LogP contribution in [0.5, 0.6) is 0 Å². The van der Waals surface area contributed by atoms with Crippen molar-refractivity contribution in [1.82, 2.24) is 0 Å². The van der Waals surface area contributed by atoms with Crippen LogP contribution in [-0.2, 0) is 0 Å². The van der Waals surface area contributed by atoms with E-state index in [1.165, 1.54) is 8.78 Å². The molecule has 0 N–H and O–H groups in total. The summed E-state index contributed by atoms with van der Waals surface area (Å²) in [4.78, 5) is 0. The van der Waals surface area contributed by atoms with Gasteiger partial charge < -0.3 is 0 Å². The van der Waals surface area contributed by atoms with Crippen molar-refractivity contribution in [2.24, 2.45) is 0 Å². The van der Waals surface area contributed by atoms with Crippen LogP contribution in [0.15, 0.2) is 8.78 Å². The van der Waals surface area contributed by atoms with Gasteiger partial charge in [-0.2, -0.15) is 0 Å². The lowest BCUT2D eigenvalue weighted by Gasteiger charge is -2.16. The fourth-order valence-electron chi connectivity index (χ4n) is 0.899. The first-order valence-corrected chi connectivity index (χ1v) is 13.0. The lowest BCUT2D eigenvalue weighted by molar-refractivity contribution is 1.57. The van der Waals surface area contributed by atoms with Gasteiger partial charge in [0.05, 0.1) is 8.07 Å². The van der Waals surface area contributed by atoms with E-state index >= 15 is 0 Å². The van der Waals surface area contributed by atoms with Gasteiger partial charge >= 0.3 is 0 Å². The molecule has 14 heavy (non-hydrogen) atoms. The SMILES string of the molecule is C/C(C#C[Si](C)(C)C)=C(/I)[Si](C)(C)C. The molecule has 0 radical (unpaired) electrons. The van der Waals surface area contributed by atoms with Crippen LogP contribution in [0, 0.1) is 11.5 Å². The molecule has 0 aliphatic rings. The van der Waals surface area contributed by atoms with Gasteiger partial charge in [0.2, 0.25) is 0 Å². The van der Waals surface area contributed by atoms with E-state index in [0.29, 0.717) is 0 Å². The van der Waals surface area contributed by atoms with E-state index in [2.05, 4.69) is 80.3 Å². The number of allylic oxidation sites excluding steroid dienone is 1. The molecule has 3 heteroatoms. The summed E-state index contributed by atoms with van der Waals surface area (Å²) in [6, 6.07) is 0. The van der Waals surface area contributed by atoms with Crippen LogP contribution in [0.3, 0.4) is 0 Å². The number of halogens is 1. The van der Waals surface area contributed by atoms with Crippen molar-refractivity contribution in [2.75, 3.05) is 0 Å². The van der Waals surface area contributed by atoms with Crippen LogP contribution in [0.4, 0.5) is 0 Å². The quantitative estimate of drug-likeness (QED) is 0.377. The van der Waals surface area contributed by atoms with Gasteiger partial charge in [-0.15, -0.1) is 5.54 Å². The standard InChI is InChI=1S/C11H21ISi2/c1-10(8-9-13(2,3)4)11(12)14(5,6)7/h1-7H3/b11-10+. The van der Waals surface area contributed by atoms with Crippen molar-refractivity contribution >= 4 is 38.7 Å². The van der Waals surface area contributed by atoms with Gasteiger partial charge in [0.15, 0.2) is 0 Å². The molecule has 0 aromatic heterocycles. The molecule has 80 valence electrons. The summed E-state index contributed by atoms with van der Waals surface area (Å²) < 4.78 is 1.51. The zero-order chi connectivity index (χ0) is 11.6. The monoisotopic (exact) mass is 336 g/mol. The van der Waals surface area contributed by atoms with Gasteiger partial charge in [0, 0.05) is 5.57 Å². The average Bonchev–Trinajstić information content (AvgIpc) is 1.95. The highest BCUT2D eigenvalue weighted by Crippen LogP contribution is 2.24. The zero-order valence-electron chi connectivity index (χ0n) is 10.4. The molecule has 0 aromatic rings. The van der Waals surface area contributed by atoms with Gasteiger partial charge in [-0.3, -0.25) is 0 Å². The van der Waals surface area contributed by atoms with E-state index in [1.807, 2.05) is 0 Å². The average molecular weight is 336 g/mol. The summed E-state index contributed by atoms with van der Waals surface area (Å²) in [7, 11) is -2.35. The topological polar surface area (TPSA) is 0 Å². The number of rotatable bonds is 1. The second-order valence-electron chi connectivity index (χ2n) is 5.69. The van der Waals surface area contributed by atoms with Crippen molar-refractivity contribution in [3.63, 3.8) is 0 Å². The summed E-state index contributed by atoms with van der Waals surface area (Å²) in [5.74, 6) is 3.35. The Hall–Kier alpha value is 0.464. The minimum absolute atomic E-state index is 1.14. The zero-order valence-corrected chi connectivity index (χ0v) is 14.5. The number of hydrogen-bond donors (Lipinski definition) is 0. The molecule has 0 aliphatic carbocycles. The lowest BCUT2D eigenvalue weighted by Crippen LogP contribution is -2.21. The first kappa shape index (κ1) is 14.5. The largest absolute Gasteiger partial charge is 0.129 e. The second kappa shape index (κ2) is 4.99. The van der Waals surface area contributed by atoms with Crippen molar-refractivity contribution in [3.8, 4) is 11.5 Å². The van der Waals surface area contributed by atoms with Gasteiger partial charge in [-0.25, -0.2) is 0 Å². The Morgan fingerprint density at radius 1 is 1.00 bits per heavy atom. The lowest BCUT2D eigenvalue weighted by atomic mass is 10.4. The van der Waals surface area contributed by atoms with Gasteiger partial charge in [-0.05, 0) is 10.1 Å². The maximum absolute atomic E-state index is 3.42. The molecule has 0 heterocycles. The molecule has 0 unspecified atom stereocenters. The highest BCUT2D eigenvalue weighted by Gasteiger charge is 2.19. The fraction of sp³-hybridized carbons (Fsp3) is 0.636. The molecular weight excluding hydrogens is 315 g/mol. The Balaban J connectivity index is 4.94. The van der Waals surface area contributed by atoms with E-state index in [-0.39, 0.29) is 0 Å². The molecule has 0 bridgehead atoms. The molecule has 0 atom stereocenters. The smallest absolute Gasteiger partial charge is 0.127 e. The fourth-order valence-corrected chi connectivity index (χ4v) is 2.78. The predicted octanol–water partition coefficient (Wildman–Crippen LogP) is 4.45. The Kier molecular flexibility index (Phi) is 5.16. The van der Waals surface area contributed by atoms with E-state index < -0.39 is 16.1 Å². The van der Waals surface area contributed by atoms with Crippen LogP contribution in [0.25, 0.3) is 0 Å². The maximum atomic E-state index is 3.42. The summed E-state index contributed by atoms with van der Waals surface area (Å²) in [6.45, 7) is 16.1. The molecule has 0 spiro atoms. The first-order chi connectivity index (χ1) is 6.04. The Bertz CT molecular complexity index is 292. The molecule has 0 nitrogen and oxygen atoms in total. The summed E-state index contributed by atoms with van der Waals surface area (Å²) in [5.41, 5.74) is 4.72. The normalized spacial score (nSPS) is 14.3. The number of hydrogen-bond acceptors (Lipinski definition) is 0. The van der Waals surface area contributed by atoms with E-state index in [0.717, 1.165) is 0 Å². The van der Waals surface area contributed by atoms with Gasteiger partial charge in [0.25, 0.3) is 0 Å². The molecule has 0 rings (SSSR count). The van der Waals surface area contributed by atoms with Crippen molar-refractivity contribution < 1.29 is 0 Å². The molecule has 0 saturated heterocycles. The Morgan fingerprint density at radius 3 is 1.71 bits per heavy atom. The van der Waals surface area contributed by atoms with Gasteiger partial charge in [-0.1, -0.05) is 67.8 Å². The third kappa shape index (κ3) is 6.04. The van der Waals surface area contributed by atoms with E-state index in [9.17, 15) is 0 Å². The highest BCUT2D eigenvalue weighted by atomic mass is 127. The molecule has 0 fully saturated rings. The second-order valence-corrected chi connectivity index (χ2v) is 17.5. The molecule has 0 aromatic carbocycles. The van der Waals surface area contributed by atoms with Crippen LogP contribution in [0.2, 0.25) is 39.3 Å². The maximum Gasteiger partial charge on any atom is 0.129 e. The van der Waals surface area contributed by atoms with Crippen molar-refractivity contribution in [3.05, 3.63) is 8.78 Å². The van der Waals surface area contributed by atoms with Crippen molar-refractivity contribution in [1.29, 1.82) is 0 Å². The molecule has 0 amide bonds. The molecule has 0 aliphatic heterocycles. The summed E-state index contributed by atoms with van der Waals surface area (Å²) >= 11 is 2.48. The first-order valence-electron chi connectivity index (χ1n) is 4.94.